The van der Waals surface area contributed by atoms with Crippen LogP contribution in [0.2, 0.25) is 0 Å². The van der Waals surface area contributed by atoms with Crippen LogP contribution in [0.4, 0.5) is 5.69 Å². The van der Waals surface area contributed by atoms with Crippen molar-refractivity contribution < 1.29 is 19.6 Å². The molecule has 0 aliphatic rings. The summed E-state index contributed by atoms with van der Waals surface area (Å²) in [4.78, 5) is 25.5. The summed E-state index contributed by atoms with van der Waals surface area (Å²) in [6, 6.07) is 7.02. The third-order valence-electron chi connectivity index (χ3n) is 2.63. The zero-order chi connectivity index (χ0) is 15.6. The monoisotopic (exact) mass is 352 g/mol. The number of ether oxygens (including phenoxy) is 1. The van der Waals surface area contributed by atoms with Crippen molar-refractivity contribution in [2.45, 2.75) is 6.92 Å². The first-order valence-corrected chi connectivity index (χ1v) is 6.51. The van der Waals surface area contributed by atoms with Gasteiger partial charge in [-0.3, -0.25) is 10.1 Å². The summed E-state index contributed by atoms with van der Waals surface area (Å²) in [6.07, 6.45) is 0. The molecule has 0 amide bonds. The first kappa shape index (κ1) is 14.9. The maximum absolute atomic E-state index is 11.2. The van der Waals surface area contributed by atoms with Crippen LogP contribution in [0.5, 0.6) is 11.6 Å². The molecule has 1 aromatic carbocycles. The largest absolute Gasteiger partial charge is 0.477 e. The lowest BCUT2D eigenvalue weighted by Gasteiger charge is -2.09. The first-order chi connectivity index (χ1) is 9.90. The number of carboxylic acid groups (broad SMARTS) is 1. The Morgan fingerprint density at radius 1 is 1.38 bits per heavy atom. The van der Waals surface area contributed by atoms with E-state index in [2.05, 4.69) is 20.9 Å². The Hall–Kier alpha value is -2.48. The fourth-order valence-electron chi connectivity index (χ4n) is 1.66. The topological polar surface area (TPSA) is 103 Å². The molecule has 0 aliphatic heterocycles. The van der Waals surface area contributed by atoms with Crippen LogP contribution in [-0.2, 0) is 0 Å². The van der Waals surface area contributed by atoms with Crippen LogP contribution < -0.4 is 4.74 Å². The predicted molar refractivity (Wildman–Crippen MR) is 76.8 cm³/mol. The highest BCUT2D eigenvalue weighted by Gasteiger charge is 2.25. The van der Waals surface area contributed by atoms with Crippen LogP contribution in [0.25, 0.3) is 0 Å². The lowest BCUT2D eigenvalue weighted by Crippen LogP contribution is -2.05. The zero-order valence-corrected chi connectivity index (χ0v) is 12.3. The smallest absolute Gasteiger partial charge is 0.346 e. The van der Waals surface area contributed by atoms with Gasteiger partial charge in [-0.15, -0.1) is 0 Å². The molecule has 108 valence electrons. The number of rotatable bonds is 4. The lowest BCUT2D eigenvalue weighted by atomic mass is 10.1. The van der Waals surface area contributed by atoms with E-state index < -0.39 is 22.1 Å². The number of benzene rings is 1. The Bertz CT molecular complexity index is 732. The number of nitrogens with zero attached hydrogens (tertiary/aromatic N) is 2. The van der Waals surface area contributed by atoms with Crippen LogP contribution in [0.3, 0.4) is 0 Å². The summed E-state index contributed by atoms with van der Waals surface area (Å²) in [5.74, 6) is -1.42. The Labute approximate surface area is 127 Å². The van der Waals surface area contributed by atoms with E-state index in [1.165, 1.54) is 18.2 Å². The molecule has 8 heteroatoms. The molecule has 2 rings (SSSR count). The van der Waals surface area contributed by atoms with Gasteiger partial charge in [0.05, 0.1) is 10.6 Å². The van der Waals surface area contributed by atoms with Crippen LogP contribution in [-0.4, -0.2) is 21.0 Å². The fourth-order valence-corrected chi connectivity index (χ4v) is 1.88. The summed E-state index contributed by atoms with van der Waals surface area (Å²) in [5, 5.41) is 20.1. The molecule has 0 saturated carbocycles. The molecule has 0 aliphatic carbocycles. The number of aromatic nitrogens is 1. The minimum absolute atomic E-state index is 0.133. The SMILES string of the molecule is Cc1nc(Oc2cccc([N+](=O)[O-])c2C(=O)O)ccc1Br. The van der Waals surface area contributed by atoms with Crippen LogP contribution >= 0.6 is 15.9 Å². The molecule has 0 unspecified atom stereocenters. The maximum atomic E-state index is 11.2. The van der Waals surface area contributed by atoms with Crippen molar-refractivity contribution in [1.82, 2.24) is 4.98 Å². The number of carboxylic acids is 1. The number of pyridine rings is 1. The van der Waals surface area contributed by atoms with E-state index in [4.69, 9.17) is 9.84 Å². The summed E-state index contributed by atoms with van der Waals surface area (Å²) in [6.45, 7) is 1.74. The third-order valence-corrected chi connectivity index (χ3v) is 3.46. The van der Waals surface area contributed by atoms with Gasteiger partial charge in [0.2, 0.25) is 5.88 Å². The zero-order valence-electron chi connectivity index (χ0n) is 10.7. The summed E-state index contributed by atoms with van der Waals surface area (Å²) in [5.41, 5.74) is -0.395. The standard InChI is InChI=1S/C13H9BrN2O5/c1-7-8(14)5-6-11(15-7)21-10-4-2-3-9(16(19)20)12(10)13(17)18/h2-6H,1H3,(H,17,18). The molecule has 1 aromatic heterocycles. The predicted octanol–water partition coefficient (Wildman–Crippen LogP) is 3.55. The molecule has 0 spiro atoms. The van der Waals surface area contributed by atoms with Crippen molar-refractivity contribution >= 4 is 27.6 Å². The molecule has 0 atom stereocenters. The number of hydrogen-bond donors (Lipinski definition) is 1. The summed E-state index contributed by atoms with van der Waals surface area (Å²) < 4.78 is 6.15. The molecule has 0 radical (unpaired) electrons. The Morgan fingerprint density at radius 3 is 2.67 bits per heavy atom. The van der Waals surface area contributed by atoms with Gasteiger partial charge in [-0.2, -0.15) is 0 Å². The molecule has 0 saturated heterocycles. The van der Waals surface area contributed by atoms with Gasteiger partial charge in [-0.25, -0.2) is 9.78 Å². The van der Waals surface area contributed by atoms with Crippen LogP contribution in [0.15, 0.2) is 34.8 Å². The van der Waals surface area contributed by atoms with Gasteiger partial charge in [0.15, 0.2) is 11.3 Å². The number of hydrogen-bond acceptors (Lipinski definition) is 5. The molecule has 21 heavy (non-hydrogen) atoms. The molecular weight excluding hydrogens is 344 g/mol. The second-order valence-electron chi connectivity index (χ2n) is 4.03. The van der Waals surface area contributed by atoms with E-state index in [1.54, 1.807) is 13.0 Å². The minimum atomic E-state index is -1.44. The molecule has 0 bridgehead atoms. The fraction of sp³-hybridized carbons (Fsp3) is 0.0769. The van der Waals surface area contributed by atoms with Crippen molar-refractivity contribution in [3.05, 3.63) is 56.2 Å². The molecule has 0 fully saturated rings. The quantitative estimate of drug-likeness (QED) is 0.666. The van der Waals surface area contributed by atoms with Crippen molar-refractivity contribution in [1.29, 1.82) is 0 Å². The van der Waals surface area contributed by atoms with Crippen molar-refractivity contribution in [2.24, 2.45) is 0 Å². The summed E-state index contributed by atoms with van der Waals surface area (Å²) in [7, 11) is 0. The minimum Gasteiger partial charge on any atom is -0.477 e. The Kier molecular flexibility index (Phi) is 4.18. The van der Waals surface area contributed by atoms with E-state index >= 15 is 0 Å². The van der Waals surface area contributed by atoms with Crippen molar-refractivity contribution in [2.75, 3.05) is 0 Å². The van der Waals surface area contributed by atoms with E-state index in [0.717, 1.165) is 10.5 Å². The number of aryl methyl sites for hydroxylation is 1. The van der Waals surface area contributed by atoms with Gasteiger partial charge < -0.3 is 9.84 Å². The van der Waals surface area contributed by atoms with Gasteiger partial charge in [-0.1, -0.05) is 6.07 Å². The summed E-state index contributed by atoms with van der Waals surface area (Å²) >= 11 is 3.28. The van der Waals surface area contributed by atoms with E-state index in [-0.39, 0.29) is 11.6 Å². The average Bonchev–Trinajstić information content (AvgIpc) is 2.42. The van der Waals surface area contributed by atoms with E-state index in [1.807, 2.05) is 0 Å². The third kappa shape index (κ3) is 3.16. The molecule has 1 heterocycles. The second-order valence-corrected chi connectivity index (χ2v) is 4.89. The second kappa shape index (κ2) is 5.88. The highest BCUT2D eigenvalue weighted by atomic mass is 79.9. The highest BCUT2D eigenvalue weighted by Crippen LogP contribution is 2.31. The van der Waals surface area contributed by atoms with Crippen LogP contribution in [0, 0.1) is 17.0 Å². The number of nitro benzene ring substituents is 1. The normalized spacial score (nSPS) is 10.2. The highest BCUT2D eigenvalue weighted by molar-refractivity contribution is 9.10. The first-order valence-electron chi connectivity index (χ1n) is 5.72. The molecule has 7 nitrogen and oxygen atoms in total. The van der Waals surface area contributed by atoms with Gasteiger partial charge in [0, 0.05) is 16.6 Å². The Balaban J connectivity index is 2.48. The molecule has 2 aromatic rings. The molecular formula is C13H9BrN2O5. The Morgan fingerprint density at radius 2 is 2.10 bits per heavy atom. The van der Waals surface area contributed by atoms with Gasteiger partial charge in [0.25, 0.3) is 5.69 Å². The van der Waals surface area contributed by atoms with E-state index in [0.29, 0.717) is 5.69 Å². The average molecular weight is 353 g/mol. The number of carbonyl (C=O) groups is 1. The number of nitro groups is 1. The maximum Gasteiger partial charge on any atom is 0.346 e. The van der Waals surface area contributed by atoms with E-state index in [9.17, 15) is 14.9 Å². The molecule has 1 N–H and O–H groups in total. The van der Waals surface area contributed by atoms with Gasteiger partial charge in [-0.05, 0) is 35.0 Å². The van der Waals surface area contributed by atoms with Crippen molar-refractivity contribution in [3.8, 4) is 11.6 Å². The van der Waals surface area contributed by atoms with Gasteiger partial charge >= 0.3 is 5.97 Å². The van der Waals surface area contributed by atoms with Crippen LogP contribution in [0.1, 0.15) is 16.1 Å². The lowest BCUT2D eigenvalue weighted by molar-refractivity contribution is -0.385. The van der Waals surface area contributed by atoms with Gasteiger partial charge in [0.1, 0.15) is 0 Å². The number of halogens is 1. The number of aromatic carboxylic acids is 1. The van der Waals surface area contributed by atoms with Crippen molar-refractivity contribution in [3.63, 3.8) is 0 Å².